The molecular formula is C27H36FN7O6. The minimum absolute atomic E-state index is 0.0186. The van der Waals surface area contributed by atoms with Crippen LogP contribution in [0.4, 0.5) is 4.39 Å². The molecule has 14 heteroatoms. The maximum atomic E-state index is 13.3. The molecule has 3 aliphatic rings. The van der Waals surface area contributed by atoms with Gasteiger partial charge in [0.15, 0.2) is 0 Å². The molecule has 2 aliphatic heterocycles. The van der Waals surface area contributed by atoms with E-state index in [1.807, 2.05) is 0 Å². The third-order valence-corrected chi connectivity index (χ3v) is 7.87. The highest BCUT2D eigenvalue weighted by atomic mass is 19.1. The molecular weight excluding hydrogens is 537 g/mol. The number of fused-ring (bicyclic) bond motifs is 2. The van der Waals surface area contributed by atoms with Crippen LogP contribution in [-0.4, -0.2) is 111 Å². The Kier molecular flexibility index (Phi) is 9.22. The fourth-order valence-electron chi connectivity index (χ4n) is 5.56. The van der Waals surface area contributed by atoms with E-state index in [4.69, 9.17) is 4.74 Å². The number of carbonyl (C=O) groups is 3. The third-order valence-electron chi connectivity index (χ3n) is 7.87. The summed E-state index contributed by atoms with van der Waals surface area (Å²) in [5, 5.41) is 37.9. The molecule has 2 saturated heterocycles. The number of hydrogen-bond acceptors (Lipinski definition) is 9. The van der Waals surface area contributed by atoms with Gasteiger partial charge in [-0.1, -0.05) is 18.1 Å². The number of nitrogens with one attached hydrogen (secondary N) is 3. The zero-order valence-corrected chi connectivity index (χ0v) is 22.6. The number of halogens is 1. The van der Waals surface area contributed by atoms with E-state index in [1.165, 1.54) is 33.8 Å². The highest BCUT2D eigenvalue weighted by Gasteiger charge is 2.44. The molecule has 3 amide bonds. The van der Waals surface area contributed by atoms with Gasteiger partial charge in [-0.25, -0.2) is 9.07 Å². The van der Waals surface area contributed by atoms with Crippen LogP contribution >= 0.6 is 0 Å². The molecule has 3 heterocycles. The molecule has 41 heavy (non-hydrogen) atoms. The summed E-state index contributed by atoms with van der Waals surface area (Å²) < 4.78 is 20.5. The average molecular weight is 574 g/mol. The molecule has 5 atom stereocenters. The maximum Gasteiger partial charge on any atom is 0.243 e. The smallest absolute Gasteiger partial charge is 0.243 e. The van der Waals surface area contributed by atoms with Gasteiger partial charge in [0.2, 0.25) is 17.7 Å². The van der Waals surface area contributed by atoms with Gasteiger partial charge in [-0.05, 0) is 37.1 Å². The quantitative estimate of drug-likeness (QED) is 0.273. The molecule has 2 aromatic rings. The lowest BCUT2D eigenvalue weighted by atomic mass is 10.0. The molecule has 5 rings (SSSR count). The predicted molar refractivity (Wildman–Crippen MR) is 142 cm³/mol. The van der Waals surface area contributed by atoms with Gasteiger partial charge in [0.1, 0.15) is 30.2 Å². The number of aliphatic hydroxyl groups excluding tert-OH is 2. The van der Waals surface area contributed by atoms with Gasteiger partial charge in [0, 0.05) is 32.1 Å². The van der Waals surface area contributed by atoms with E-state index in [0.29, 0.717) is 24.0 Å². The second kappa shape index (κ2) is 13.0. The Morgan fingerprint density at radius 2 is 1.80 bits per heavy atom. The standard InChI is InChI=1S/C27H36FN7O6/c28-16-5-7-19(8-6-16)35-14-18(32-33-35)11-20-27(40)30-13-22-26(39)25(38)21(41-22)12-24(37)34(15-23(36)31-20)10-9-29-17-3-1-2-4-17/h5-8,14,17,20-22,25-26,29,38-39H,1-4,9-13,15H2,(H,30,40)(H,31,36)/t20-,21+,22-,25+,26-/m1/s1. The molecule has 1 aromatic heterocycles. The Hall–Kier alpha value is -3.46. The van der Waals surface area contributed by atoms with Gasteiger partial charge in [-0.15, -0.1) is 5.10 Å². The molecule has 0 spiro atoms. The predicted octanol–water partition coefficient (Wildman–Crippen LogP) is -1.20. The van der Waals surface area contributed by atoms with Gasteiger partial charge >= 0.3 is 0 Å². The number of aromatic nitrogens is 3. The van der Waals surface area contributed by atoms with Crippen LogP contribution in [0.5, 0.6) is 0 Å². The summed E-state index contributed by atoms with van der Waals surface area (Å²) in [7, 11) is 0. The molecule has 222 valence electrons. The highest BCUT2D eigenvalue weighted by molar-refractivity contribution is 5.90. The number of benzene rings is 1. The van der Waals surface area contributed by atoms with Crippen molar-refractivity contribution >= 4 is 17.7 Å². The minimum Gasteiger partial charge on any atom is -0.388 e. The number of hydrogen-bond donors (Lipinski definition) is 5. The summed E-state index contributed by atoms with van der Waals surface area (Å²) in [4.78, 5) is 41.0. The van der Waals surface area contributed by atoms with Crippen LogP contribution in [0.3, 0.4) is 0 Å². The van der Waals surface area contributed by atoms with Crippen LogP contribution in [0.15, 0.2) is 30.5 Å². The van der Waals surface area contributed by atoms with E-state index in [-0.39, 0.29) is 32.5 Å². The van der Waals surface area contributed by atoms with E-state index in [2.05, 4.69) is 26.3 Å². The Morgan fingerprint density at radius 1 is 1.07 bits per heavy atom. The van der Waals surface area contributed by atoms with Crippen LogP contribution in [0.1, 0.15) is 37.8 Å². The topological polar surface area (TPSA) is 171 Å². The van der Waals surface area contributed by atoms with Crippen molar-refractivity contribution in [3.05, 3.63) is 42.0 Å². The number of carbonyl (C=O) groups excluding carboxylic acids is 3. The largest absolute Gasteiger partial charge is 0.388 e. The molecule has 13 nitrogen and oxygen atoms in total. The normalized spacial score (nSPS) is 28.1. The van der Waals surface area contributed by atoms with Crippen molar-refractivity contribution in [3.8, 4) is 5.69 Å². The monoisotopic (exact) mass is 573 g/mol. The van der Waals surface area contributed by atoms with Crippen LogP contribution in [-0.2, 0) is 25.5 Å². The van der Waals surface area contributed by atoms with Gasteiger partial charge in [-0.2, -0.15) is 0 Å². The van der Waals surface area contributed by atoms with Crippen molar-refractivity contribution in [3.63, 3.8) is 0 Å². The fourth-order valence-corrected chi connectivity index (χ4v) is 5.56. The molecule has 3 fully saturated rings. The molecule has 0 unspecified atom stereocenters. The van der Waals surface area contributed by atoms with Gasteiger partial charge in [0.05, 0.1) is 36.6 Å². The molecule has 1 aromatic carbocycles. The second-order valence-electron chi connectivity index (χ2n) is 10.8. The Morgan fingerprint density at radius 3 is 2.56 bits per heavy atom. The van der Waals surface area contributed by atoms with E-state index < -0.39 is 54.0 Å². The first kappa shape index (κ1) is 29.0. The molecule has 1 saturated carbocycles. The Balaban J connectivity index is 1.31. The van der Waals surface area contributed by atoms with E-state index in [0.717, 1.165) is 25.7 Å². The number of rotatable bonds is 7. The zero-order chi connectivity index (χ0) is 28.9. The zero-order valence-electron chi connectivity index (χ0n) is 22.6. The Labute approximate surface area is 236 Å². The van der Waals surface area contributed by atoms with Crippen molar-refractivity contribution in [1.29, 1.82) is 0 Å². The van der Waals surface area contributed by atoms with Crippen LogP contribution in [0.25, 0.3) is 5.69 Å². The van der Waals surface area contributed by atoms with Crippen molar-refractivity contribution < 1.29 is 33.7 Å². The first-order valence-electron chi connectivity index (χ1n) is 14.0. The number of amides is 3. The Bertz CT molecular complexity index is 1220. The molecule has 0 radical (unpaired) electrons. The number of aliphatic hydroxyl groups is 2. The average Bonchev–Trinajstić information content (AvgIpc) is 3.70. The summed E-state index contributed by atoms with van der Waals surface area (Å²) in [6.45, 7) is 0.303. The van der Waals surface area contributed by atoms with E-state index >= 15 is 0 Å². The molecule has 2 bridgehead atoms. The lowest BCUT2D eigenvalue weighted by Gasteiger charge is -2.26. The molecule has 5 N–H and O–H groups in total. The summed E-state index contributed by atoms with van der Waals surface area (Å²) in [6, 6.07) is 4.94. The van der Waals surface area contributed by atoms with Crippen molar-refractivity contribution in [2.75, 3.05) is 26.2 Å². The summed E-state index contributed by atoms with van der Waals surface area (Å²) in [5.41, 5.74) is 0.954. The maximum absolute atomic E-state index is 13.3. The van der Waals surface area contributed by atoms with E-state index in [9.17, 15) is 29.0 Å². The SMILES string of the molecule is O=C1CN(CCNC2CCCC2)C(=O)C[C@@H]2O[C@H](CNC(=O)[C@@H](Cc3cn(-c4ccc(F)cc4)nn3)N1)[C@@H](O)[C@H]2O. The first-order chi connectivity index (χ1) is 19.8. The van der Waals surface area contributed by atoms with E-state index in [1.54, 1.807) is 6.20 Å². The number of ether oxygens (including phenoxy) is 1. The minimum atomic E-state index is -1.31. The highest BCUT2D eigenvalue weighted by Crippen LogP contribution is 2.24. The lowest BCUT2D eigenvalue weighted by molar-refractivity contribution is -0.139. The second-order valence-corrected chi connectivity index (χ2v) is 10.8. The van der Waals surface area contributed by atoms with Crippen molar-refractivity contribution in [1.82, 2.24) is 35.8 Å². The summed E-state index contributed by atoms with van der Waals surface area (Å²) in [6.07, 6.45) is 1.29. The van der Waals surface area contributed by atoms with Crippen LogP contribution in [0, 0.1) is 5.82 Å². The van der Waals surface area contributed by atoms with Crippen LogP contribution in [0.2, 0.25) is 0 Å². The van der Waals surface area contributed by atoms with Crippen molar-refractivity contribution in [2.45, 2.75) is 75.0 Å². The van der Waals surface area contributed by atoms with Gasteiger partial charge in [-0.3, -0.25) is 14.4 Å². The number of nitrogens with zero attached hydrogens (tertiary/aromatic N) is 4. The summed E-state index contributed by atoms with van der Waals surface area (Å²) >= 11 is 0. The molecule has 1 aliphatic carbocycles. The first-order valence-corrected chi connectivity index (χ1v) is 14.0. The van der Waals surface area contributed by atoms with Gasteiger partial charge < -0.3 is 35.8 Å². The lowest BCUT2D eigenvalue weighted by Crippen LogP contribution is -2.53. The van der Waals surface area contributed by atoms with Gasteiger partial charge in [0.25, 0.3) is 0 Å². The van der Waals surface area contributed by atoms with Crippen molar-refractivity contribution in [2.24, 2.45) is 0 Å². The third kappa shape index (κ3) is 7.25. The summed E-state index contributed by atoms with van der Waals surface area (Å²) in [5.74, 6) is -1.88. The van der Waals surface area contributed by atoms with Crippen LogP contribution < -0.4 is 16.0 Å². The fraction of sp³-hybridized carbons (Fsp3) is 0.593.